The molecule has 0 radical (unpaired) electrons. The molecule has 1 rings (SSSR count). The van der Waals surface area contributed by atoms with Gasteiger partial charge in [0.2, 0.25) is 7.42 Å². The largest absolute Gasteiger partial charge is 0.244 e. The van der Waals surface area contributed by atoms with E-state index in [4.69, 9.17) is 22.2 Å². The highest BCUT2D eigenvalue weighted by molar-refractivity contribution is 7.34. The van der Waals surface area contributed by atoms with Crippen LogP contribution < -0.4 is 0 Å². The van der Waals surface area contributed by atoms with Crippen LogP contribution in [0, 0.1) is 6.92 Å². The quantitative estimate of drug-likeness (QED) is 0.528. The molecule has 1 unspecified atom stereocenters. The Bertz CT molecular complexity index is 260. The summed E-state index contributed by atoms with van der Waals surface area (Å²) in [5.41, 5.74) is 2.91. The monoisotopic (exact) mass is 218 g/mol. The van der Waals surface area contributed by atoms with Gasteiger partial charge in [-0.05, 0) is 18.1 Å². The minimum Gasteiger partial charge on any atom is -0.150 e. The van der Waals surface area contributed by atoms with Gasteiger partial charge in [0.1, 0.15) is 0 Å². The first kappa shape index (κ1) is 10.1. The molecule has 66 valence electrons. The van der Waals surface area contributed by atoms with E-state index >= 15 is 0 Å². The maximum Gasteiger partial charge on any atom is 0.244 e. The van der Waals surface area contributed by atoms with E-state index in [0.717, 1.165) is 0 Å². The average molecular weight is 219 g/mol. The van der Waals surface area contributed by atoms with E-state index in [1.807, 2.05) is 12.1 Å². The van der Waals surface area contributed by atoms with Gasteiger partial charge in [-0.2, -0.15) is 0 Å². The molecule has 0 saturated carbocycles. The van der Waals surface area contributed by atoms with Crippen LogP contribution in [0.3, 0.4) is 0 Å². The molecular formula is C9H12Cl2Si. The van der Waals surface area contributed by atoms with Gasteiger partial charge in [0, 0.05) is 5.54 Å². The molecular weight excluding hydrogens is 207 g/mol. The molecule has 0 fully saturated rings. The van der Waals surface area contributed by atoms with Crippen LogP contribution in [0.1, 0.15) is 23.6 Å². The van der Waals surface area contributed by atoms with Crippen molar-refractivity contribution in [2.24, 2.45) is 0 Å². The van der Waals surface area contributed by atoms with Crippen LogP contribution >= 0.6 is 22.2 Å². The SMILES string of the molecule is Cc1ccccc1C(C)[SiH](Cl)Cl. The summed E-state index contributed by atoms with van der Waals surface area (Å²) in [4.78, 5) is 0. The van der Waals surface area contributed by atoms with E-state index in [-0.39, 0.29) is 0 Å². The molecule has 0 aliphatic heterocycles. The minimum atomic E-state index is -1.57. The molecule has 0 N–H and O–H groups in total. The normalized spacial score (nSPS) is 13.4. The smallest absolute Gasteiger partial charge is 0.150 e. The van der Waals surface area contributed by atoms with Crippen molar-refractivity contribution in [3.63, 3.8) is 0 Å². The van der Waals surface area contributed by atoms with Gasteiger partial charge in [0.15, 0.2) is 0 Å². The molecule has 3 heteroatoms. The van der Waals surface area contributed by atoms with E-state index in [2.05, 4.69) is 26.0 Å². The first-order chi connectivity index (χ1) is 5.63. The lowest BCUT2D eigenvalue weighted by Gasteiger charge is -2.13. The Morgan fingerprint density at radius 3 is 2.33 bits per heavy atom. The fraction of sp³-hybridized carbons (Fsp3) is 0.333. The molecule has 0 aromatic heterocycles. The first-order valence-electron chi connectivity index (χ1n) is 3.96. The number of benzene rings is 1. The van der Waals surface area contributed by atoms with Crippen molar-refractivity contribution in [2.75, 3.05) is 0 Å². The molecule has 0 aliphatic rings. The molecule has 0 saturated heterocycles. The van der Waals surface area contributed by atoms with E-state index < -0.39 is 7.42 Å². The third-order valence-electron chi connectivity index (χ3n) is 2.06. The van der Waals surface area contributed by atoms with Crippen LogP contribution in [0.25, 0.3) is 0 Å². The lowest BCUT2D eigenvalue weighted by atomic mass is 10.1. The van der Waals surface area contributed by atoms with Crippen molar-refractivity contribution in [2.45, 2.75) is 19.4 Å². The number of hydrogen-bond donors (Lipinski definition) is 0. The van der Waals surface area contributed by atoms with Gasteiger partial charge in [0.05, 0.1) is 0 Å². The van der Waals surface area contributed by atoms with E-state index in [9.17, 15) is 0 Å². The molecule has 0 amide bonds. The summed E-state index contributed by atoms with van der Waals surface area (Å²) in [6, 6.07) is 8.26. The zero-order chi connectivity index (χ0) is 9.14. The second-order valence-corrected chi connectivity index (χ2v) is 8.14. The van der Waals surface area contributed by atoms with Crippen molar-refractivity contribution in [3.05, 3.63) is 35.4 Å². The Hall–Kier alpha value is 0.0169. The highest BCUT2D eigenvalue weighted by atomic mass is 35.7. The van der Waals surface area contributed by atoms with Crippen molar-refractivity contribution in [3.8, 4) is 0 Å². The topological polar surface area (TPSA) is 0 Å². The Morgan fingerprint density at radius 1 is 1.25 bits per heavy atom. The molecule has 0 aliphatic carbocycles. The van der Waals surface area contributed by atoms with Crippen LogP contribution in [0.15, 0.2) is 24.3 Å². The second-order valence-electron chi connectivity index (χ2n) is 2.98. The lowest BCUT2D eigenvalue weighted by molar-refractivity contribution is 1.05. The predicted octanol–water partition coefficient (Wildman–Crippen LogP) is 3.34. The standard InChI is InChI=1S/C9H12Cl2Si/c1-7-5-3-4-6-9(7)8(2)12(10)11/h3-6,8,12H,1-2H3. The van der Waals surface area contributed by atoms with Crippen LogP contribution in [-0.4, -0.2) is 7.42 Å². The van der Waals surface area contributed by atoms with E-state index in [0.29, 0.717) is 5.54 Å². The van der Waals surface area contributed by atoms with Crippen molar-refractivity contribution in [1.82, 2.24) is 0 Å². The van der Waals surface area contributed by atoms with Gasteiger partial charge in [-0.25, -0.2) is 0 Å². The van der Waals surface area contributed by atoms with Crippen LogP contribution in [0.5, 0.6) is 0 Å². The molecule has 0 bridgehead atoms. The number of hydrogen-bond acceptors (Lipinski definition) is 0. The lowest BCUT2D eigenvalue weighted by Crippen LogP contribution is -2.08. The fourth-order valence-corrected chi connectivity index (χ4v) is 2.69. The molecule has 0 nitrogen and oxygen atoms in total. The van der Waals surface area contributed by atoms with Gasteiger partial charge in [-0.3, -0.25) is 0 Å². The van der Waals surface area contributed by atoms with Crippen LogP contribution in [0.2, 0.25) is 0 Å². The predicted molar refractivity (Wildman–Crippen MR) is 58.4 cm³/mol. The number of halogens is 2. The van der Waals surface area contributed by atoms with Crippen molar-refractivity contribution >= 4 is 29.6 Å². The summed E-state index contributed by atoms with van der Waals surface area (Å²) < 4.78 is 0. The summed E-state index contributed by atoms with van der Waals surface area (Å²) in [5.74, 6) is 0. The third-order valence-corrected chi connectivity index (χ3v) is 5.44. The average Bonchev–Trinajstić information content (AvgIpc) is 2.04. The molecule has 1 atom stereocenters. The first-order valence-corrected chi connectivity index (χ1v) is 8.12. The van der Waals surface area contributed by atoms with Gasteiger partial charge in [0.25, 0.3) is 0 Å². The molecule has 12 heavy (non-hydrogen) atoms. The zero-order valence-electron chi connectivity index (χ0n) is 7.22. The summed E-state index contributed by atoms with van der Waals surface area (Å²) in [6.45, 7) is 4.19. The van der Waals surface area contributed by atoms with Gasteiger partial charge < -0.3 is 0 Å². The van der Waals surface area contributed by atoms with E-state index in [1.54, 1.807) is 0 Å². The van der Waals surface area contributed by atoms with Crippen LogP contribution in [0.4, 0.5) is 0 Å². The summed E-state index contributed by atoms with van der Waals surface area (Å²) in [7, 11) is -1.57. The molecule has 1 aromatic carbocycles. The molecule has 1 aromatic rings. The summed E-state index contributed by atoms with van der Waals surface area (Å²) in [5, 5.41) is 0. The Kier molecular flexibility index (Phi) is 3.63. The van der Waals surface area contributed by atoms with Crippen molar-refractivity contribution < 1.29 is 0 Å². The summed E-state index contributed by atoms with van der Waals surface area (Å²) in [6.07, 6.45) is 0. The summed E-state index contributed by atoms with van der Waals surface area (Å²) >= 11 is 11.9. The van der Waals surface area contributed by atoms with Crippen LogP contribution in [-0.2, 0) is 0 Å². The number of aryl methyl sites for hydroxylation is 1. The third kappa shape index (κ3) is 2.25. The molecule has 0 spiro atoms. The Morgan fingerprint density at radius 2 is 1.83 bits per heavy atom. The van der Waals surface area contributed by atoms with Crippen molar-refractivity contribution in [1.29, 1.82) is 0 Å². The number of rotatable bonds is 2. The zero-order valence-corrected chi connectivity index (χ0v) is 9.89. The molecule has 0 heterocycles. The Labute approximate surface area is 84.5 Å². The van der Waals surface area contributed by atoms with E-state index in [1.165, 1.54) is 11.1 Å². The van der Waals surface area contributed by atoms with Gasteiger partial charge >= 0.3 is 0 Å². The minimum absolute atomic E-state index is 0.342. The highest BCUT2D eigenvalue weighted by Crippen LogP contribution is 2.25. The maximum absolute atomic E-state index is 5.94. The van der Waals surface area contributed by atoms with Gasteiger partial charge in [-0.15, -0.1) is 22.2 Å². The highest BCUT2D eigenvalue weighted by Gasteiger charge is 2.16. The maximum atomic E-state index is 5.94. The fourth-order valence-electron chi connectivity index (χ4n) is 1.23. The Balaban J connectivity index is 2.94. The second kappa shape index (κ2) is 4.31. The van der Waals surface area contributed by atoms with Gasteiger partial charge in [-0.1, -0.05) is 31.2 Å².